The molecule has 1 atom stereocenters. The van der Waals surface area contributed by atoms with E-state index < -0.39 is 20.6 Å². The molecule has 0 bridgehead atoms. The Labute approximate surface area is 198 Å². The summed E-state index contributed by atoms with van der Waals surface area (Å²) in [5.41, 5.74) is 0.327. The first-order valence-electron chi connectivity index (χ1n) is 11.2. The Kier molecular flexibility index (Phi) is 11.6. The fourth-order valence-corrected chi connectivity index (χ4v) is 8.43. The Morgan fingerprint density at radius 1 is 0.879 bits per heavy atom. The van der Waals surface area contributed by atoms with E-state index in [0.29, 0.717) is 18.4 Å². The number of hydrogen-bond acceptors (Lipinski definition) is 8. The smallest absolute Gasteiger partial charge is 0.410 e. The molecular formula is C22H40N2O7P2. The minimum atomic E-state index is -3.56. The molecule has 0 aromatic heterocycles. The van der Waals surface area contributed by atoms with E-state index in [0.717, 1.165) is 5.69 Å². The highest BCUT2D eigenvalue weighted by molar-refractivity contribution is 7.78. The van der Waals surface area contributed by atoms with Gasteiger partial charge in [0.1, 0.15) is 11.5 Å². The van der Waals surface area contributed by atoms with Crippen LogP contribution in [0.3, 0.4) is 0 Å². The zero-order valence-corrected chi connectivity index (χ0v) is 23.0. The van der Waals surface area contributed by atoms with E-state index >= 15 is 0 Å². The van der Waals surface area contributed by atoms with Gasteiger partial charge in [0.15, 0.2) is 0 Å². The molecule has 0 N–H and O–H groups in total. The van der Waals surface area contributed by atoms with Crippen LogP contribution in [0.4, 0.5) is 10.5 Å². The number of rotatable bonds is 13. The summed E-state index contributed by atoms with van der Waals surface area (Å²) in [6, 6.07) is 7.06. The minimum Gasteiger partial charge on any atom is -0.444 e. The highest BCUT2D eigenvalue weighted by Crippen LogP contribution is 2.62. The molecule has 0 heterocycles. The SMILES string of the molecule is CCOP(=O)(CP(=O)(OCC)c1ccc(N(C)CCN(C)C(=O)OC(C)(C)C)cc1)OCC. The zero-order chi connectivity index (χ0) is 25.3. The van der Waals surface area contributed by atoms with E-state index in [1.807, 2.05) is 44.9 Å². The summed E-state index contributed by atoms with van der Waals surface area (Å²) < 4.78 is 48.3. The maximum Gasteiger partial charge on any atom is 0.410 e. The Balaban J connectivity index is 2.92. The summed E-state index contributed by atoms with van der Waals surface area (Å²) in [6.45, 7) is 12.3. The van der Waals surface area contributed by atoms with Crippen LogP contribution in [-0.4, -0.2) is 69.5 Å². The van der Waals surface area contributed by atoms with Crippen molar-refractivity contribution in [3.8, 4) is 0 Å². The summed E-state index contributed by atoms with van der Waals surface area (Å²) in [5, 5.41) is 0.451. The molecule has 1 aromatic carbocycles. The fourth-order valence-electron chi connectivity index (χ4n) is 2.94. The highest BCUT2D eigenvalue weighted by atomic mass is 31.2. The number of anilines is 1. The van der Waals surface area contributed by atoms with Crippen LogP contribution in [0.25, 0.3) is 0 Å². The number of carbonyl (C=O) groups excluding carboxylic acids is 1. The van der Waals surface area contributed by atoms with Crippen molar-refractivity contribution in [2.24, 2.45) is 0 Å². The van der Waals surface area contributed by atoms with E-state index in [1.54, 1.807) is 40.0 Å². The minimum absolute atomic E-state index is 0.185. The van der Waals surface area contributed by atoms with Gasteiger partial charge >= 0.3 is 13.7 Å². The van der Waals surface area contributed by atoms with Crippen LogP contribution in [0.5, 0.6) is 0 Å². The number of hydrogen-bond donors (Lipinski definition) is 0. The average molecular weight is 507 g/mol. The van der Waals surface area contributed by atoms with Crippen LogP contribution in [-0.2, 0) is 27.4 Å². The van der Waals surface area contributed by atoms with Gasteiger partial charge in [-0.3, -0.25) is 9.13 Å². The van der Waals surface area contributed by atoms with Gasteiger partial charge in [0.05, 0.1) is 19.8 Å². The maximum absolute atomic E-state index is 13.6. The molecule has 0 aliphatic carbocycles. The molecule has 0 aliphatic heterocycles. The summed E-state index contributed by atoms with van der Waals surface area (Å²) in [6.07, 6.45) is -0.378. The molecule has 9 nitrogen and oxygen atoms in total. The molecule has 1 rings (SSSR count). The van der Waals surface area contributed by atoms with Gasteiger partial charge in [0.2, 0.25) is 7.37 Å². The van der Waals surface area contributed by atoms with E-state index in [1.165, 1.54) is 4.90 Å². The third-order valence-corrected chi connectivity index (χ3v) is 10.4. The third-order valence-electron chi connectivity index (χ3n) is 4.51. The molecule has 33 heavy (non-hydrogen) atoms. The van der Waals surface area contributed by atoms with Crippen molar-refractivity contribution in [1.29, 1.82) is 0 Å². The molecule has 0 spiro atoms. The summed E-state index contributed by atoms with van der Waals surface area (Å²) in [7, 11) is -3.44. The Morgan fingerprint density at radius 2 is 1.39 bits per heavy atom. The second-order valence-electron chi connectivity index (χ2n) is 8.52. The molecule has 190 valence electrons. The van der Waals surface area contributed by atoms with Crippen LogP contribution in [0.1, 0.15) is 41.5 Å². The van der Waals surface area contributed by atoms with Crippen molar-refractivity contribution in [2.45, 2.75) is 47.1 Å². The molecule has 0 radical (unpaired) electrons. The van der Waals surface area contributed by atoms with Crippen molar-refractivity contribution in [3.63, 3.8) is 0 Å². The Hall–Kier alpha value is -1.37. The molecule has 1 amide bonds. The monoisotopic (exact) mass is 506 g/mol. The molecule has 11 heteroatoms. The third kappa shape index (κ3) is 9.79. The van der Waals surface area contributed by atoms with Crippen LogP contribution < -0.4 is 10.2 Å². The first-order valence-corrected chi connectivity index (χ1v) is 14.7. The second kappa shape index (κ2) is 12.9. The van der Waals surface area contributed by atoms with E-state index in [4.69, 9.17) is 18.3 Å². The number of nitrogens with zero attached hydrogens (tertiary/aromatic N) is 2. The predicted octanol–water partition coefficient (Wildman–Crippen LogP) is 5.15. The van der Waals surface area contributed by atoms with Gasteiger partial charge in [-0.15, -0.1) is 0 Å². The first-order chi connectivity index (χ1) is 15.3. The van der Waals surface area contributed by atoms with Crippen molar-refractivity contribution in [2.75, 3.05) is 57.8 Å². The van der Waals surface area contributed by atoms with Gasteiger partial charge in [-0.2, -0.15) is 0 Å². The van der Waals surface area contributed by atoms with Gasteiger partial charge in [0.25, 0.3) is 0 Å². The molecule has 1 unspecified atom stereocenters. The van der Waals surface area contributed by atoms with E-state index in [-0.39, 0.29) is 31.8 Å². The summed E-state index contributed by atoms with van der Waals surface area (Å²) in [5.74, 6) is -0.314. The van der Waals surface area contributed by atoms with Gasteiger partial charge in [-0.25, -0.2) is 4.79 Å². The lowest BCUT2D eigenvalue weighted by Crippen LogP contribution is -2.38. The quantitative estimate of drug-likeness (QED) is 0.339. The van der Waals surface area contributed by atoms with E-state index in [2.05, 4.69) is 0 Å². The predicted molar refractivity (Wildman–Crippen MR) is 133 cm³/mol. The molecular weight excluding hydrogens is 466 g/mol. The number of benzene rings is 1. The van der Waals surface area contributed by atoms with Gasteiger partial charge in [-0.1, -0.05) is 0 Å². The van der Waals surface area contributed by atoms with Crippen LogP contribution >= 0.6 is 15.0 Å². The summed E-state index contributed by atoms with van der Waals surface area (Å²) in [4.78, 5) is 15.6. The topological polar surface area (TPSA) is 94.6 Å². The van der Waals surface area contributed by atoms with Crippen LogP contribution in [0.15, 0.2) is 24.3 Å². The van der Waals surface area contributed by atoms with Crippen LogP contribution in [0.2, 0.25) is 0 Å². The second-order valence-corrected chi connectivity index (χ2v) is 13.5. The number of ether oxygens (including phenoxy) is 1. The largest absolute Gasteiger partial charge is 0.444 e. The standard InChI is InChI=1S/C22H40N2O7P2/c1-9-28-32(26,18-33(27,29-10-2)30-11-3)20-14-12-19(13-15-20)23(7)16-17-24(8)21(25)31-22(4,5)6/h12-15H,9-11,16-18H2,1-8H3. The van der Waals surface area contributed by atoms with Crippen molar-refractivity contribution in [1.82, 2.24) is 4.90 Å². The summed E-state index contributed by atoms with van der Waals surface area (Å²) >= 11 is 0. The average Bonchev–Trinajstić information content (AvgIpc) is 2.70. The molecule has 0 aliphatic rings. The number of amides is 1. The van der Waals surface area contributed by atoms with Crippen molar-refractivity contribution in [3.05, 3.63) is 24.3 Å². The van der Waals surface area contributed by atoms with Crippen molar-refractivity contribution >= 4 is 32.0 Å². The van der Waals surface area contributed by atoms with Gasteiger partial charge in [0, 0.05) is 38.2 Å². The lowest BCUT2D eigenvalue weighted by molar-refractivity contribution is 0.0303. The number of likely N-dealkylation sites (N-methyl/N-ethyl adjacent to an activating group) is 2. The molecule has 1 aromatic rings. The number of carbonyl (C=O) groups is 1. The Morgan fingerprint density at radius 3 is 1.85 bits per heavy atom. The fraction of sp³-hybridized carbons (Fsp3) is 0.682. The molecule has 0 saturated heterocycles. The molecule has 0 saturated carbocycles. The van der Waals surface area contributed by atoms with Gasteiger partial charge in [-0.05, 0) is 65.8 Å². The lowest BCUT2D eigenvalue weighted by Gasteiger charge is -2.27. The normalized spacial score (nSPS) is 13.9. The Bertz CT molecular complexity index is 830. The highest BCUT2D eigenvalue weighted by Gasteiger charge is 2.38. The molecule has 0 fully saturated rings. The first kappa shape index (κ1) is 29.7. The van der Waals surface area contributed by atoms with Crippen molar-refractivity contribution < 1.29 is 32.2 Å². The maximum atomic E-state index is 13.6. The lowest BCUT2D eigenvalue weighted by atomic mass is 10.2. The van der Waals surface area contributed by atoms with Crippen LogP contribution in [0, 0.1) is 0 Å². The zero-order valence-electron chi connectivity index (χ0n) is 21.2. The van der Waals surface area contributed by atoms with Gasteiger partial charge < -0.3 is 28.1 Å². The van der Waals surface area contributed by atoms with E-state index in [9.17, 15) is 13.9 Å².